The van der Waals surface area contributed by atoms with Gasteiger partial charge in [0.15, 0.2) is 15.6 Å². The Morgan fingerprint density at radius 1 is 1.17 bits per heavy atom. The van der Waals surface area contributed by atoms with Crippen LogP contribution in [0.5, 0.6) is 0 Å². The van der Waals surface area contributed by atoms with Crippen molar-refractivity contribution in [2.24, 2.45) is 0 Å². The summed E-state index contributed by atoms with van der Waals surface area (Å²) < 4.78 is 31.6. The van der Waals surface area contributed by atoms with Crippen LogP contribution >= 0.6 is 22.9 Å². The first-order valence-electron chi connectivity index (χ1n) is 11.2. The zero-order valence-electron chi connectivity index (χ0n) is 20.9. The van der Waals surface area contributed by atoms with Crippen LogP contribution in [0.2, 0.25) is 5.02 Å². The topological polar surface area (TPSA) is 118 Å². The summed E-state index contributed by atoms with van der Waals surface area (Å²) in [5, 5.41) is 9.60. The van der Waals surface area contributed by atoms with Crippen LogP contribution in [-0.4, -0.2) is 31.0 Å². The smallest absolute Gasteiger partial charge is 0.267 e. The fraction of sp³-hybridized carbons (Fsp3) is 0.320. The second-order valence-corrected chi connectivity index (χ2v) is 12.0. The van der Waals surface area contributed by atoms with Crippen LogP contribution in [-0.2, 0) is 9.84 Å². The molecular formula is C25H28ClN3O5S2. The Kier molecular flexibility index (Phi) is 8.43. The van der Waals surface area contributed by atoms with E-state index in [1.807, 2.05) is 13.0 Å². The van der Waals surface area contributed by atoms with Gasteiger partial charge in [-0.1, -0.05) is 35.8 Å². The van der Waals surface area contributed by atoms with Crippen LogP contribution in [0.4, 0.5) is 11.6 Å². The van der Waals surface area contributed by atoms with Gasteiger partial charge in [0.05, 0.1) is 16.3 Å². The van der Waals surface area contributed by atoms with E-state index in [0.717, 1.165) is 27.3 Å². The predicted molar refractivity (Wildman–Crippen MR) is 143 cm³/mol. The summed E-state index contributed by atoms with van der Waals surface area (Å²) >= 11 is 7.15. The summed E-state index contributed by atoms with van der Waals surface area (Å²) in [5.74, 6) is -0.831. The van der Waals surface area contributed by atoms with Crippen molar-refractivity contribution in [2.45, 2.75) is 52.9 Å². The number of halogens is 1. The number of amides is 1. The molecule has 192 valence electrons. The Balaban J connectivity index is 1.90. The molecule has 0 bridgehead atoms. The lowest BCUT2D eigenvalue weighted by atomic mass is 9.99. The van der Waals surface area contributed by atoms with Crippen LogP contribution in [0, 0.1) is 34.6 Å². The SMILES string of the molecule is CCC(=O)c1cc(C)cc(C)c1NC(=O)c1sc(C)c(C)c1S(=O)(=O)CC=CNc1onc(C)c1Cl. The highest BCUT2D eigenvalue weighted by Gasteiger charge is 2.29. The van der Waals surface area contributed by atoms with Crippen molar-refractivity contribution < 1.29 is 22.5 Å². The number of nitrogens with zero attached hydrogens (tertiary/aromatic N) is 1. The summed E-state index contributed by atoms with van der Waals surface area (Å²) in [7, 11) is -3.87. The molecule has 0 aliphatic rings. The summed E-state index contributed by atoms with van der Waals surface area (Å²) in [6.07, 6.45) is 3.08. The number of hydrogen-bond acceptors (Lipinski definition) is 8. The van der Waals surface area contributed by atoms with Gasteiger partial charge in [-0.2, -0.15) is 0 Å². The molecule has 0 fully saturated rings. The lowest BCUT2D eigenvalue weighted by Crippen LogP contribution is -2.18. The van der Waals surface area contributed by atoms with Gasteiger partial charge in [-0.05, 0) is 57.4 Å². The fourth-order valence-corrected chi connectivity index (χ4v) is 6.84. The van der Waals surface area contributed by atoms with Gasteiger partial charge in [-0.3, -0.25) is 9.59 Å². The highest BCUT2D eigenvalue weighted by molar-refractivity contribution is 7.91. The highest BCUT2D eigenvalue weighted by atomic mass is 35.5. The number of carbonyl (C=O) groups excluding carboxylic acids is 2. The monoisotopic (exact) mass is 549 g/mol. The standard InChI is InChI=1S/C25H28ClN3O5S2/c1-7-19(30)18-12-13(2)11-14(3)21(18)28-24(31)22-23(15(4)17(6)35-22)36(32,33)10-8-9-27-25-20(26)16(5)29-34-25/h8-9,11-12,27H,7,10H2,1-6H3,(H,28,31). The largest absolute Gasteiger partial charge is 0.337 e. The first-order chi connectivity index (χ1) is 16.9. The van der Waals surface area contributed by atoms with E-state index in [0.29, 0.717) is 27.5 Å². The minimum Gasteiger partial charge on any atom is -0.337 e. The van der Waals surface area contributed by atoms with Crippen LogP contribution in [0.15, 0.2) is 33.8 Å². The molecular weight excluding hydrogens is 522 g/mol. The number of thiophene rings is 1. The Labute approximate surface area is 219 Å². The number of anilines is 2. The number of ketones is 1. The lowest BCUT2D eigenvalue weighted by molar-refractivity contribution is 0.0989. The van der Waals surface area contributed by atoms with E-state index in [-0.39, 0.29) is 33.6 Å². The molecule has 0 radical (unpaired) electrons. The Bertz CT molecular complexity index is 1470. The van der Waals surface area contributed by atoms with Gasteiger partial charge in [0.2, 0.25) is 5.88 Å². The number of aryl methyl sites for hydroxylation is 4. The average Bonchev–Trinajstić information content (AvgIpc) is 3.30. The average molecular weight is 550 g/mol. The number of hydrogen-bond donors (Lipinski definition) is 2. The molecule has 0 aliphatic carbocycles. The molecule has 2 heterocycles. The fourth-order valence-electron chi connectivity index (χ4n) is 3.69. The number of benzene rings is 1. The van der Waals surface area contributed by atoms with E-state index in [2.05, 4.69) is 15.8 Å². The van der Waals surface area contributed by atoms with Gasteiger partial charge in [-0.25, -0.2) is 8.42 Å². The molecule has 0 atom stereocenters. The van der Waals surface area contributed by atoms with E-state index < -0.39 is 15.7 Å². The van der Waals surface area contributed by atoms with Crippen LogP contribution in [0.3, 0.4) is 0 Å². The van der Waals surface area contributed by atoms with Gasteiger partial charge in [-0.15, -0.1) is 11.3 Å². The second kappa shape index (κ2) is 11.0. The van der Waals surface area contributed by atoms with E-state index in [4.69, 9.17) is 16.1 Å². The molecule has 11 heteroatoms. The molecule has 3 aromatic rings. The van der Waals surface area contributed by atoms with Gasteiger partial charge < -0.3 is 15.2 Å². The Morgan fingerprint density at radius 3 is 2.47 bits per heavy atom. The van der Waals surface area contributed by atoms with Gasteiger partial charge >= 0.3 is 0 Å². The van der Waals surface area contributed by atoms with Gasteiger partial charge in [0.1, 0.15) is 15.6 Å². The molecule has 0 unspecified atom stereocenters. The molecule has 0 spiro atoms. The quantitative estimate of drug-likeness (QED) is 0.306. The maximum atomic E-state index is 13.4. The van der Waals surface area contributed by atoms with Gasteiger partial charge in [0.25, 0.3) is 5.91 Å². The van der Waals surface area contributed by atoms with Crippen molar-refractivity contribution in [1.82, 2.24) is 5.16 Å². The third kappa shape index (κ3) is 5.71. The van der Waals surface area contributed by atoms with Gasteiger partial charge in [0, 0.05) is 23.1 Å². The Hall–Kier alpha value is -2.95. The molecule has 0 saturated carbocycles. The maximum Gasteiger partial charge on any atom is 0.267 e. The molecule has 1 aromatic carbocycles. The molecule has 3 rings (SSSR count). The van der Waals surface area contributed by atoms with E-state index in [1.165, 1.54) is 12.3 Å². The molecule has 2 N–H and O–H groups in total. The Morgan fingerprint density at radius 2 is 1.86 bits per heavy atom. The first kappa shape index (κ1) is 27.6. The third-order valence-electron chi connectivity index (χ3n) is 5.63. The first-order valence-corrected chi connectivity index (χ1v) is 14.0. The number of nitrogens with one attached hydrogen (secondary N) is 2. The summed E-state index contributed by atoms with van der Waals surface area (Å²) in [4.78, 5) is 26.7. The molecule has 0 saturated heterocycles. The lowest BCUT2D eigenvalue weighted by Gasteiger charge is -2.14. The van der Waals surface area contributed by atoms with Crippen molar-refractivity contribution in [2.75, 3.05) is 16.4 Å². The summed E-state index contributed by atoms with van der Waals surface area (Å²) in [6, 6.07) is 3.60. The summed E-state index contributed by atoms with van der Waals surface area (Å²) in [6.45, 7) is 10.6. The zero-order chi connectivity index (χ0) is 26.8. The van der Waals surface area contributed by atoms with Crippen molar-refractivity contribution in [3.63, 3.8) is 0 Å². The second-order valence-electron chi connectivity index (χ2n) is 8.42. The molecule has 36 heavy (non-hydrogen) atoms. The zero-order valence-corrected chi connectivity index (χ0v) is 23.3. The molecule has 1 amide bonds. The molecule has 2 aromatic heterocycles. The predicted octanol–water partition coefficient (Wildman–Crippen LogP) is 6.18. The van der Waals surface area contributed by atoms with Crippen molar-refractivity contribution >= 4 is 56.0 Å². The highest BCUT2D eigenvalue weighted by Crippen LogP contribution is 2.34. The molecule has 8 nitrogen and oxygen atoms in total. The van der Waals surface area contributed by atoms with E-state index >= 15 is 0 Å². The number of aromatic nitrogens is 1. The summed E-state index contributed by atoms with van der Waals surface area (Å²) in [5.41, 5.74) is 3.46. The van der Waals surface area contributed by atoms with Crippen LogP contribution in [0.25, 0.3) is 0 Å². The number of sulfone groups is 1. The van der Waals surface area contributed by atoms with Crippen molar-refractivity contribution in [1.29, 1.82) is 0 Å². The van der Waals surface area contributed by atoms with Crippen molar-refractivity contribution in [3.05, 3.63) is 67.1 Å². The number of Topliss-reactive ketones (excluding diaryl/α,β-unsaturated/α-hetero) is 1. The normalized spacial score (nSPS) is 11.8. The minimum atomic E-state index is -3.87. The van der Waals surface area contributed by atoms with Crippen molar-refractivity contribution in [3.8, 4) is 0 Å². The van der Waals surface area contributed by atoms with Crippen LogP contribution in [0.1, 0.15) is 60.6 Å². The van der Waals surface area contributed by atoms with Crippen LogP contribution < -0.4 is 10.6 Å². The number of rotatable bonds is 9. The number of carbonyl (C=O) groups is 2. The van der Waals surface area contributed by atoms with E-state index in [1.54, 1.807) is 40.7 Å². The molecule has 0 aliphatic heterocycles. The third-order valence-corrected chi connectivity index (χ3v) is 9.17. The minimum absolute atomic E-state index is 0.0196. The maximum absolute atomic E-state index is 13.4. The van der Waals surface area contributed by atoms with E-state index in [9.17, 15) is 18.0 Å².